The van der Waals surface area contributed by atoms with Crippen molar-refractivity contribution in [3.8, 4) is 0 Å². The molecule has 0 unspecified atom stereocenters. The van der Waals surface area contributed by atoms with Crippen molar-refractivity contribution < 1.29 is 9.59 Å². The van der Waals surface area contributed by atoms with Crippen molar-refractivity contribution in [3.63, 3.8) is 0 Å². The minimum Gasteiger partial charge on any atom is -0.326 e. The molecule has 0 fully saturated rings. The standard InChI is InChI=1S/C18H27N3O2/c1-6-7-8-16(22)19-15-11-9-14(10-12-15)17(23)21-20-13(2)18(3,4)5/h9-12H,6-8H2,1-5H3,(H,19,22)(H,21,23). The Balaban J connectivity index is 2.62. The molecule has 0 spiro atoms. The van der Waals surface area contributed by atoms with E-state index in [1.807, 2.05) is 34.6 Å². The summed E-state index contributed by atoms with van der Waals surface area (Å²) in [7, 11) is 0. The Morgan fingerprint density at radius 3 is 2.26 bits per heavy atom. The van der Waals surface area contributed by atoms with E-state index in [1.165, 1.54) is 0 Å². The van der Waals surface area contributed by atoms with Gasteiger partial charge in [0.1, 0.15) is 0 Å². The molecule has 5 heteroatoms. The number of hydrazone groups is 1. The van der Waals surface area contributed by atoms with Crippen LogP contribution in [-0.2, 0) is 4.79 Å². The zero-order valence-electron chi connectivity index (χ0n) is 14.7. The average Bonchev–Trinajstić information content (AvgIpc) is 2.50. The van der Waals surface area contributed by atoms with E-state index in [1.54, 1.807) is 24.3 Å². The Morgan fingerprint density at radius 2 is 1.74 bits per heavy atom. The van der Waals surface area contributed by atoms with Crippen LogP contribution < -0.4 is 10.7 Å². The first-order valence-corrected chi connectivity index (χ1v) is 7.99. The van der Waals surface area contributed by atoms with Crippen LogP contribution in [0.2, 0.25) is 0 Å². The SMILES string of the molecule is CCCCC(=O)Nc1ccc(C(=O)NN=C(C)C(C)(C)C)cc1. The quantitative estimate of drug-likeness (QED) is 0.615. The van der Waals surface area contributed by atoms with Crippen LogP contribution in [0.1, 0.15) is 64.2 Å². The van der Waals surface area contributed by atoms with Crippen molar-refractivity contribution >= 4 is 23.2 Å². The lowest BCUT2D eigenvalue weighted by Crippen LogP contribution is -2.24. The van der Waals surface area contributed by atoms with Gasteiger partial charge in [-0.2, -0.15) is 5.10 Å². The normalized spacial score (nSPS) is 12.0. The van der Waals surface area contributed by atoms with Crippen LogP contribution in [0.4, 0.5) is 5.69 Å². The molecule has 0 aliphatic rings. The number of carbonyl (C=O) groups is 2. The number of anilines is 1. The topological polar surface area (TPSA) is 70.6 Å². The molecule has 1 aromatic carbocycles. The Morgan fingerprint density at radius 1 is 1.13 bits per heavy atom. The minimum atomic E-state index is -0.266. The summed E-state index contributed by atoms with van der Waals surface area (Å²) in [5.74, 6) is -0.271. The third-order valence-electron chi connectivity index (χ3n) is 3.60. The average molecular weight is 317 g/mol. The van der Waals surface area contributed by atoms with Crippen molar-refractivity contribution in [2.45, 2.75) is 53.9 Å². The van der Waals surface area contributed by atoms with Crippen molar-refractivity contribution in [1.29, 1.82) is 0 Å². The number of hydrogen-bond acceptors (Lipinski definition) is 3. The van der Waals surface area contributed by atoms with Gasteiger partial charge in [0.15, 0.2) is 0 Å². The molecule has 2 amide bonds. The lowest BCUT2D eigenvalue weighted by atomic mass is 9.91. The molecule has 0 saturated carbocycles. The van der Waals surface area contributed by atoms with Gasteiger partial charge in [-0.15, -0.1) is 0 Å². The highest BCUT2D eigenvalue weighted by Crippen LogP contribution is 2.15. The molecule has 0 atom stereocenters. The third-order valence-corrected chi connectivity index (χ3v) is 3.60. The van der Waals surface area contributed by atoms with E-state index in [9.17, 15) is 9.59 Å². The van der Waals surface area contributed by atoms with Crippen LogP contribution in [0, 0.1) is 5.41 Å². The van der Waals surface area contributed by atoms with Crippen LogP contribution in [-0.4, -0.2) is 17.5 Å². The molecule has 126 valence electrons. The van der Waals surface area contributed by atoms with Gasteiger partial charge >= 0.3 is 0 Å². The number of hydrogen-bond donors (Lipinski definition) is 2. The molecule has 0 heterocycles. The maximum Gasteiger partial charge on any atom is 0.271 e. The second-order valence-electron chi connectivity index (χ2n) is 6.62. The summed E-state index contributed by atoms with van der Waals surface area (Å²) in [6.45, 7) is 10.0. The van der Waals surface area contributed by atoms with E-state index in [0.717, 1.165) is 18.6 Å². The van der Waals surface area contributed by atoms with E-state index in [-0.39, 0.29) is 17.2 Å². The van der Waals surface area contributed by atoms with Crippen LogP contribution in [0.5, 0.6) is 0 Å². The summed E-state index contributed by atoms with van der Waals surface area (Å²) < 4.78 is 0. The van der Waals surface area contributed by atoms with Crippen LogP contribution in [0.15, 0.2) is 29.4 Å². The number of nitrogens with zero attached hydrogens (tertiary/aromatic N) is 1. The van der Waals surface area contributed by atoms with E-state index in [2.05, 4.69) is 15.8 Å². The number of carbonyl (C=O) groups excluding carboxylic acids is 2. The van der Waals surface area contributed by atoms with Crippen molar-refractivity contribution in [1.82, 2.24) is 5.43 Å². The van der Waals surface area contributed by atoms with Crippen LogP contribution in [0.3, 0.4) is 0 Å². The molecule has 23 heavy (non-hydrogen) atoms. The molecule has 1 aromatic rings. The molecule has 5 nitrogen and oxygen atoms in total. The molecule has 0 saturated heterocycles. The van der Waals surface area contributed by atoms with Gasteiger partial charge in [-0.05, 0) is 37.6 Å². The zero-order valence-corrected chi connectivity index (χ0v) is 14.7. The highest BCUT2D eigenvalue weighted by molar-refractivity contribution is 5.97. The van der Waals surface area contributed by atoms with E-state index in [0.29, 0.717) is 17.7 Å². The van der Waals surface area contributed by atoms with Crippen molar-refractivity contribution in [2.75, 3.05) is 5.32 Å². The molecule has 0 radical (unpaired) electrons. The summed E-state index contributed by atoms with van der Waals surface area (Å²) in [5, 5.41) is 6.94. The molecule has 0 aromatic heterocycles. The highest BCUT2D eigenvalue weighted by Gasteiger charge is 2.15. The number of unbranched alkanes of at least 4 members (excludes halogenated alkanes) is 1. The predicted molar refractivity (Wildman–Crippen MR) is 94.6 cm³/mol. The molecule has 2 N–H and O–H groups in total. The molecule has 1 rings (SSSR count). The summed E-state index contributed by atoms with van der Waals surface area (Å²) in [6, 6.07) is 6.79. The van der Waals surface area contributed by atoms with Gasteiger partial charge < -0.3 is 5.32 Å². The minimum absolute atomic E-state index is 0.00514. The fraction of sp³-hybridized carbons (Fsp3) is 0.500. The van der Waals surface area contributed by atoms with Crippen LogP contribution in [0.25, 0.3) is 0 Å². The van der Waals surface area contributed by atoms with Gasteiger partial charge in [0.2, 0.25) is 5.91 Å². The van der Waals surface area contributed by atoms with E-state index in [4.69, 9.17) is 0 Å². The molecule has 0 bridgehead atoms. The summed E-state index contributed by atoms with van der Waals surface area (Å²) in [6.07, 6.45) is 2.37. The van der Waals surface area contributed by atoms with Gasteiger partial charge in [-0.1, -0.05) is 34.1 Å². The smallest absolute Gasteiger partial charge is 0.271 e. The fourth-order valence-corrected chi connectivity index (χ4v) is 1.63. The Kier molecular flexibility index (Phi) is 6.94. The van der Waals surface area contributed by atoms with Gasteiger partial charge in [0.05, 0.1) is 0 Å². The monoisotopic (exact) mass is 317 g/mol. The van der Waals surface area contributed by atoms with Gasteiger partial charge in [0.25, 0.3) is 5.91 Å². The molecule has 0 aliphatic carbocycles. The Bertz CT molecular complexity index is 569. The maximum absolute atomic E-state index is 12.0. The van der Waals surface area contributed by atoms with Gasteiger partial charge in [0, 0.05) is 28.8 Å². The largest absolute Gasteiger partial charge is 0.326 e. The van der Waals surface area contributed by atoms with Crippen LogP contribution >= 0.6 is 0 Å². The van der Waals surface area contributed by atoms with Gasteiger partial charge in [-0.3, -0.25) is 9.59 Å². The zero-order chi connectivity index (χ0) is 17.5. The first-order chi connectivity index (χ1) is 10.7. The molecular weight excluding hydrogens is 290 g/mol. The molecule has 0 aliphatic heterocycles. The summed E-state index contributed by atoms with van der Waals surface area (Å²) in [5.41, 5.74) is 4.52. The summed E-state index contributed by atoms with van der Waals surface area (Å²) in [4.78, 5) is 23.7. The fourth-order valence-electron chi connectivity index (χ4n) is 1.63. The lowest BCUT2D eigenvalue weighted by molar-refractivity contribution is -0.116. The maximum atomic E-state index is 12.0. The summed E-state index contributed by atoms with van der Waals surface area (Å²) >= 11 is 0. The first-order valence-electron chi connectivity index (χ1n) is 7.99. The second kappa shape index (κ2) is 8.46. The number of nitrogens with one attached hydrogen (secondary N) is 2. The number of benzene rings is 1. The number of rotatable bonds is 6. The van der Waals surface area contributed by atoms with Crippen molar-refractivity contribution in [3.05, 3.63) is 29.8 Å². The Hall–Kier alpha value is -2.17. The second-order valence-corrected chi connectivity index (χ2v) is 6.62. The van der Waals surface area contributed by atoms with E-state index < -0.39 is 0 Å². The van der Waals surface area contributed by atoms with Gasteiger partial charge in [-0.25, -0.2) is 5.43 Å². The molecular formula is C18H27N3O2. The highest BCUT2D eigenvalue weighted by atomic mass is 16.2. The first kappa shape index (κ1) is 18.9. The Labute approximate surface area is 138 Å². The van der Waals surface area contributed by atoms with Crippen molar-refractivity contribution in [2.24, 2.45) is 10.5 Å². The van der Waals surface area contributed by atoms with E-state index >= 15 is 0 Å². The third kappa shape index (κ3) is 6.63. The predicted octanol–water partition coefficient (Wildman–Crippen LogP) is 3.97. The lowest BCUT2D eigenvalue weighted by Gasteiger charge is -2.17. The number of amides is 2.